The molecular formula is C19H25F9N+. The molecule has 1 aromatic heterocycles. The molecule has 1 nitrogen and oxygen atoms in total. The van der Waals surface area contributed by atoms with Crippen LogP contribution in [0.4, 0.5) is 39.5 Å². The summed E-state index contributed by atoms with van der Waals surface area (Å²) in [6, 6.07) is 5.75. The normalized spacial score (nSPS) is 13.7. The lowest BCUT2D eigenvalue weighted by molar-refractivity contribution is -0.697. The van der Waals surface area contributed by atoms with Crippen molar-refractivity contribution in [3.63, 3.8) is 0 Å². The lowest BCUT2D eigenvalue weighted by atomic mass is 9.97. The van der Waals surface area contributed by atoms with Crippen molar-refractivity contribution in [3.8, 4) is 0 Å². The molecule has 0 aliphatic carbocycles. The van der Waals surface area contributed by atoms with Gasteiger partial charge in [-0.3, -0.25) is 0 Å². The van der Waals surface area contributed by atoms with E-state index in [0.717, 1.165) is 32.2 Å². The average molecular weight is 438 g/mol. The van der Waals surface area contributed by atoms with Crippen LogP contribution in [0.15, 0.2) is 30.6 Å². The van der Waals surface area contributed by atoms with Gasteiger partial charge in [-0.05, 0) is 12.8 Å². The molecule has 1 rings (SSSR count). The van der Waals surface area contributed by atoms with Crippen LogP contribution in [0.25, 0.3) is 0 Å². The highest BCUT2D eigenvalue weighted by Gasteiger charge is 2.81. The third-order valence-corrected chi connectivity index (χ3v) is 4.64. The molecule has 0 aliphatic rings. The third-order valence-electron chi connectivity index (χ3n) is 4.64. The number of pyridine rings is 1. The van der Waals surface area contributed by atoms with Crippen LogP contribution in [0.5, 0.6) is 0 Å². The van der Waals surface area contributed by atoms with Crippen molar-refractivity contribution < 1.29 is 44.1 Å². The Morgan fingerprint density at radius 3 is 1.45 bits per heavy atom. The van der Waals surface area contributed by atoms with Crippen molar-refractivity contribution in [3.05, 3.63) is 30.6 Å². The van der Waals surface area contributed by atoms with Crippen LogP contribution in [0.2, 0.25) is 0 Å². The fourth-order valence-electron chi connectivity index (χ4n) is 2.85. The van der Waals surface area contributed by atoms with Gasteiger partial charge in [0.1, 0.15) is 6.54 Å². The lowest BCUT2D eigenvalue weighted by Crippen LogP contribution is -2.60. The van der Waals surface area contributed by atoms with Crippen molar-refractivity contribution in [1.82, 2.24) is 0 Å². The van der Waals surface area contributed by atoms with E-state index < -0.39 is 36.8 Å². The van der Waals surface area contributed by atoms with E-state index in [2.05, 4.69) is 0 Å². The number of aryl methyl sites for hydroxylation is 1. The number of rotatable bonds is 13. The van der Waals surface area contributed by atoms with Crippen molar-refractivity contribution in [2.24, 2.45) is 0 Å². The van der Waals surface area contributed by atoms with Crippen LogP contribution in [0.3, 0.4) is 0 Å². The highest BCUT2D eigenvalue weighted by Crippen LogP contribution is 2.54. The quantitative estimate of drug-likeness (QED) is 0.178. The van der Waals surface area contributed by atoms with Gasteiger partial charge >= 0.3 is 23.9 Å². The van der Waals surface area contributed by atoms with Crippen molar-refractivity contribution >= 4 is 0 Å². The number of hydrogen-bond acceptors (Lipinski definition) is 0. The summed E-state index contributed by atoms with van der Waals surface area (Å²) in [4.78, 5) is 0. The monoisotopic (exact) mass is 438 g/mol. The second kappa shape index (κ2) is 10.5. The van der Waals surface area contributed by atoms with Crippen molar-refractivity contribution in [1.29, 1.82) is 0 Å². The molecule has 0 saturated heterocycles. The summed E-state index contributed by atoms with van der Waals surface area (Å²) in [5.74, 6) is -18.7. The summed E-state index contributed by atoms with van der Waals surface area (Å²) >= 11 is 0. The predicted octanol–water partition coefficient (Wildman–Crippen LogP) is 6.95. The molecule has 168 valence electrons. The van der Waals surface area contributed by atoms with Crippen LogP contribution in [-0.4, -0.2) is 23.9 Å². The minimum absolute atomic E-state index is 0.0587. The number of alkyl halides is 9. The maximum absolute atomic E-state index is 13.4. The Morgan fingerprint density at radius 2 is 0.966 bits per heavy atom. The van der Waals surface area contributed by atoms with Gasteiger partial charge in [-0.2, -0.15) is 39.5 Å². The molecule has 0 bridgehead atoms. The van der Waals surface area contributed by atoms with Gasteiger partial charge in [0.05, 0.1) is 0 Å². The first kappa shape index (κ1) is 25.6. The Kier molecular flexibility index (Phi) is 9.27. The van der Waals surface area contributed by atoms with E-state index >= 15 is 0 Å². The number of aromatic nitrogens is 1. The molecule has 0 spiro atoms. The van der Waals surface area contributed by atoms with Crippen LogP contribution in [0.1, 0.15) is 57.8 Å². The first-order valence-electron chi connectivity index (χ1n) is 9.47. The van der Waals surface area contributed by atoms with E-state index in [1.807, 2.05) is 35.2 Å². The molecule has 0 N–H and O–H groups in total. The van der Waals surface area contributed by atoms with Crippen molar-refractivity contribution in [2.45, 2.75) is 88.3 Å². The van der Waals surface area contributed by atoms with Gasteiger partial charge in [0.2, 0.25) is 0 Å². The Bertz CT molecular complexity index is 585. The second-order valence-corrected chi connectivity index (χ2v) is 7.04. The fourth-order valence-corrected chi connectivity index (χ4v) is 2.85. The molecule has 0 fully saturated rings. The summed E-state index contributed by atoms with van der Waals surface area (Å²) in [5, 5.41) is 0. The number of halogens is 9. The van der Waals surface area contributed by atoms with Gasteiger partial charge < -0.3 is 0 Å². The van der Waals surface area contributed by atoms with Crippen LogP contribution >= 0.6 is 0 Å². The smallest absolute Gasteiger partial charge is 0.205 e. The molecule has 0 saturated carbocycles. The largest absolute Gasteiger partial charge is 0.460 e. The second-order valence-electron chi connectivity index (χ2n) is 7.04. The number of nitrogens with zero attached hydrogens (tertiary/aromatic N) is 1. The topological polar surface area (TPSA) is 3.88 Å². The molecule has 1 heterocycles. The standard InChI is InChI=1S/C19H25F9N/c20-16(21,17(22,23)18(24,25)19(26,27)28)12-8-5-3-1-2-4-6-9-13-29-14-10-7-11-15-29/h7,10-11,14-15H,1-6,8-9,12-13H2/q+1. The van der Waals surface area contributed by atoms with Gasteiger partial charge in [0, 0.05) is 25.0 Å². The van der Waals surface area contributed by atoms with E-state index in [9.17, 15) is 39.5 Å². The first-order chi connectivity index (χ1) is 13.3. The zero-order valence-corrected chi connectivity index (χ0v) is 15.8. The van der Waals surface area contributed by atoms with E-state index in [-0.39, 0.29) is 6.42 Å². The predicted molar refractivity (Wildman–Crippen MR) is 89.1 cm³/mol. The lowest BCUT2D eigenvalue weighted by Gasteiger charge is -2.33. The van der Waals surface area contributed by atoms with Crippen LogP contribution in [0, 0.1) is 0 Å². The van der Waals surface area contributed by atoms with E-state index in [4.69, 9.17) is 0 Å². The average Bonchev–Trinajstić information content (AvgIpc) is 2.62. The molecular weight excluding hydrogens is 413 g/mol. The summed E-state index contributed by atoms with van der Waals surface area (Å²) in [6.45, 7) is 0.868. The number of unbranched alkanes of at least 4 members (excludes halogenated alkanes) is 7. The van der Waals surface area contributed by atoms with Crippen molar-refractivity contribution in [2.75, 3.05) is 0 Å². The highest BCUT2D eigenvalue weighted by atomic mass is 19.4. The van der Waals surface area contributed by atoms with Gasteiger partial charge in [-0.15, -0.1) is 0 Å². The molecule has 0 atom stereocenters. The molecule has 0 unspecified atom stereocenters. The van der Waals surface area contributed by atoms with E-state index in [1.54, 1.807) is 0 Å². The van der Waals surface area contributed by atoms with Gasteiger partial charge in [0.25, 0.3) is 0 Å². The number of hydrogen-bond donors (Lipinski definition) is 0. The first-order valence-corrected chi connectivity index (χ1v) is 9.47. The molecule has 0 aromatic carbocycles. The SMILES string of the molecule is FC(F)(F)C(F)(F)C(F)(F)C(F)(F)CCCCCCCCCC[n+]1ccccc1. The summed E-state index contributed by atoms with van der Waals surface area (Å²) in [7, 11) is 0. The fraction of sp³-hybridized carbons (Fsp3) is 0.737. The van der Waals surface area contributed by atoms with E-state index in [0.29, 0.717) is 12.8 Å². The van der Waals surface area contributed by atoms with E-state index in [1.165, 1.54) is 0 Å². The zero-order chi connectivity index (χ0) is 22.2. The van der Waals surface area contributed by atoms with Crippen LogP contribution in [-0.2, 0) is 6.54 Å². The van der Waals surface area contributed by atoms with Crippen LogP contribution < -0.4 is 4.57 Å². The Morgan fingerprint density at radius 1 is 0.517 bits per heavy atom. The molecule has 1 aromatic rings. The maximum atomic E-state index is 13.4. The Labute approximate surface area is 163 Å². The minimum Gasteiger partial charge on any atom is -0.205 e. The Balaban J connectivity index is 2.20. The molecule has 0 radical (unpaired) electrons. The Hall–Kier alpha value is -1.48. The summed E-state index contributed by atoms with van der Waals surface area (Å²) in [6.07, 6.45) is -0.374. The van der Waals surface area contributed by atoms with Gasteiger partial charge in [-0.1, -0.05) is 38.2 Å². The maximum Gasteiger partial charge on any atom is 0.460 e. The minimum atomic E-state index is -6.79. The third kappa shape index (κ3) is 7.06. The highest BCUT2D eigenvalue weighted by molar-refractivity contribution is 5.00. The summed E-state index contributed by atoms with van der Waals surface area (Å²) < 4.78 is 116. The molecule has 29 heavy (non-hydrogen) atoms. The van der Waals surface area contributed by atoms with Gasteiger partial charge in [0.15, 0.2) is 12.4 Å². The van der Waals surface area contributed by atoms with Gasteiger partial charge in [-0.25, -0.2) is 4.57 Å². The summed E-state index contributed by atoms with van der Waals surface area (Å²) in [5.41, 5.74) is 0. The molecule has 0 amide bonds. The molecule has 0 aliphatic heterocycles. The molecule has 10 heteroatoms. The zero-order valence-electron chi connectivity index (χ0n) is 15.8.